The highest BCUT2D eigenvalue weighted by Gasteiger charge is 2.21. The molecule has 1 aliphatic rings. The van der Waals surface area contributed by atoms with Crippen molar-refractivity contribution in [2.45, 2.75) is 25.3 Å². The van der Waals surface area contributed by atoms with Crippen LogP contribution in [0.2, 0.25) is 0 Å². The lowest BCUT2D eigenvalue weighted by Gasteiger charge is -2.23. The SMILES string of the molecule is COCCn1c(C2CCNCC2)nc2ccccc21.Cl. The second kappa shape index (κ2) is 7.07. The highest BCUT2D eigenvalue weighted by atomic mass is 35.5. The van der Waals surface area contributed by atoms with E-state index in [0.717, 1.165) is 31.8 Å². The van der Waals surface area contributed by atoms with Crippen LogP contribution in [0.15, 0.2) is 24.3 Å². The summed E-state index contributed by atoms with van der Waals surface area (Å²) in [7, 11) is 1.75. The molecule has 110 valence electrons. The smallest absolute Gasteiger partial charge is 0.113 e. The van der Waals surface area contributed by atoms with Crippen LogP contribution in [-0.2, 0) is 11.3 Å². The third-order valence-electron chi connectivity index (χ3n) is 3.91. The lowest BCUT2D eigenvalue weighted by Crippen LogP contribution is -2.28. The number of para-hydroxylation sites is 2. The third-order valence-corrected chi connectivity index (χ3v) is 3.91. The highest BCUT2D eigenvalue weighted by Crippen LogP contribution is 2.28. The van der Waals surface area contributed by atoms with Crippen molar-refractivity contribution in [2.24, 2.45) is 0 Å². The van der Waals surface area contributed by atoms with Crippen molar-refractivity contribution in [2.75, 3.05) is 26.8 Å². The molecular weight excluding hydrogens is 274 g/mol. The maximum absolute atomic E-state index is 5.25. The summed E-state index contributed by atoms with van der Waals surface area (Å²) >= 11 is 0. The standard InChI is InChI=1S/C15H21N3O.ClH/c1-19-11-10-18-14-5-3-2-4-13(14)17-15(18)12-6-8-16-9-7-12;/h2-5,12,16H,6-11H2,1H3;1H. The van der Waals surface area contributed by atoms with Gasteiger partial charge in [0.2, 0.25) is 0 Å². The molecule has 5 heteroatoms. The van der Waals surface area contributed by atoms with Crippen LogP contribution in [0.1, 0.15) is 24.6 Å². The lowest BCUT2D eigenvalue weighted by molar-refractivity contribution is 0.186. The van der Waals surface area contributed by atoms with E-state index in [-0.39, 0.29) is 12.4 Å². The summed E-state index contributed by atoms with van der Waals surface area (Å²) in [5.74, 6) is 1.81. The second-order valence-corrected chi connectivity index (χ2v) is 5.13. The quantitative estimate of drug-likeness (QED) is 0.942. The van der Waals surface area contributed by atoms with Crippen molar-refractivity contribution in [3.63, 3.8) is 0 Å². The Hall–Kier alpha value is -1.10. The molecular formula is C15H22ClN3O. The van der Waals surface area contributed by atoms with Crippen molar-refractivity contribution in [3.8, 4) is 0 Å². The minimum atomic E-state index is 0. The van der Waals surface area contributed by atoms with Gasteiger partial charge in [-0.05, 0) is 38.1 Å². The number of ether oxygens (including phenoxy) is 1. The summed E-state index contributed by atoms with van der Waals surface area (Å²) in [4.78, 5) is 4.87. The molecule has 0 spiro atoms. The van der Waals surface area contributed by atoms with Crippen molar-refractivity contribution < 1.29 is 4.74 Å². The van der Waals surface area contributed by atoms with Gasteiger partial charge in [0.25, 0.3) is 0 Å². The Labute approximate surface area is 125 Å². The first kappa shape index (κ1) is 15.3. The van der Waals surface area contributed by atoms with Crippen LogP contribution in [-0.4, -0.2) is 36.4 Å². The fourth-order valence-corrected chi connectivity index (χ4v) is 2.90. The molecule has 20 heavy (non-hydrogen) atoms. The van der Waals surface area contributed by atoms with E-state index in [4.69, 9.17) is 9.72 Å². The fourth-order valence-electron chi connectivity index (χ4n) is 2.90. The highest BCUT2D eigenvalue weighted by molar-refractivity contribution is 5.85. The van der Waals surface area contributed by atoms with Crippen LogP contribution in [0.5, 0.6) is 0 Å². The van der Waals surface area contributed by atoms with Gasteiger partial charge in [0.05, 0.1) is 17.6 Å². The number of imidazole rings is 1. The van der Waals surface area contributed by atoms with Gasteiger partial charge in [-0.2, -0.15) is 0 Å². The van der Waals surface area contributed by atoms with Crippen LogP contribution in [0.25, 0.3) is 11.0 Å². The molecule has 4 nitrogen and oxygen atoms in total. The number of hydrogen-bond acceptors (Lipinski definition) is 3. The Kier molecular flexibility index (Phi) is 5.40. The number of rotatable bonds is 4. The number of nitrogens with one attached hydrogen (secondary N) is 1. The van der Waals surface area contributed by atoms with Crippen molar-refractivity contribution in [1.29, 1.82) is 0 Å². The molecule has 1 N–H and O–H groups in total. The number of benzene rings is 1. The average molecular weight is 296 g/mol. The molecule has 0 unspecified atom stereocenters. The number of methoxy groups -OCH3 is 1. The van der Waals surface area contributed by atoms with Crippen LogP contribution in [0, 0.1) is 0 Å². The summed E-state index contributed by atoms with van der Waals surface area (Å²) in [6.07, 6.45) is 2.35. The molecule has 0 aliphatic carbocycles. The molecule has 0 saturated carbocycles. The lowest BCUT2D eigenvalue weighted by atomic mass is 9.97. The van der Waals surface area contributed by atoms with Crippen LogP contribution >= 0.6 is 12.4 Å². The number of nitrogens with zero attached hydrogens (tertiary/aromatic N) is 2. The van der Waals surface area contributed by atoms with E-state index >= 15 is 0 Å². The van der Waals surface area contributed by atoms with E-state index in [9.17, 15) is 0 Å². The number of aromatic nitrogens is 2. The van der Waals surface area contributed by atoms with Crippen LogP contribution < -0.4 is 5.32 Å². The van der Waals surface area contributed by atoms with Gasteiger partial charge in [0.1, 0.15) is 5.82 Å². The van der Waals surface area contributed by atoms with Crippen molar-refractivity contribution in [1.82, 2.24) is 14.9 Å². The Morgan fingerprint density at radius 3 is 2.80 bits per heavy atom. The van der Waals surface area contributed by atoms with Gasteiger partial charge in [-0.25, -0.2) is 4.98 Å². The molecule has 1 saturated heterocycles. The molecule has 0 bridgehead atoms. The van der Waals surface area contributed by atoms with E-state index in [0.29, 0.717) is 5.92 Å². The summed E-state index contributed by atoms with van der Waals surface area (Å²) in [6, 6.07) is 8.40. The molecule has 2 aromatic rings. The maximum Gasteiger partial charge on any atom is 0.113 e. The first-order valence-electron chi connectivity index (χ1n) is 7.05. The van der Waals surface area contributed by atoms with Gasteiger partial charge in [-0.15, -0.1) is 12.4 Å². The van der Waals surface area contributed by atoms with Crippen LogP contribution in [0.4, 0.5) is 0 Å². The summed E-state index contributed by atoms with van der Waals surface area (Å²) in [5.41, 5.74) is 2.33. The largest absolute Gasteiger partial charge is 0.383 e. The molecule has 1 aromatic carbocycles. The zero-order valence-corrected chi connectivity index (χ0v) is 12.7. The minimum absolute atomic E-state index is 0. The van der Waals surface area contributed by atoms with E-state index in [1.807, 2.05) is 0 Å². The summed E-state index contributed by atoms with van der Waals surface area (Å²) in [5, 5.41) is 3.42. The third kappa shape index (κ3) is 2.97. The predicted molar refractivity (Wildman–Crippen MR) is 83.7 cm³/mol. The normalized spacial score (nSPS) is 16.2. The number of halogens is 1. The first-order chi connectivity index (χ1) is 9.40. The van der Waals surface area contributed by atoms with Crippen molar-refractivity contribution >= 4 is 23.4 Å². The molecule has 3 rings (SSSR count). The Bertz CT molecular complexity index is 549. The molecule has 0 amide bonds. The minimum Gasteiger partial charge on any atom is -0.383 e. The second-order valence-electron chi connectivity index (χ2n) is 5.13. The Balaban J connectivity index is 0.00000147. The molecule has 2 heterocycles. The average Bonchev–Trinajstić information content (AvgIpc) is 2.85. The number of fused-ring (bicyclic) bond motifs is 1. The maximum atomic E-state index is 5.25. The zero-order valence-electron chi connectivity index (χ0n) is 11.8. The summed E-state index contributed by atoms with van der Waals surface area (Å²) in [6.45, 7) is 3.81. The first-order valence-corrected chi connectivity index (χ1v) is 7.05. The topological polar surface area (TPSA) is 39.1 Å². The van der Waals surface area contributed by atoms with E-state index in [1.165, 1.54) is 24.2 Å². The van der Waals surface area contributed by atoms with Crippen molar-refractivity contribution in [3.05, 3.63) is 30.1 Å². The van der Waals surface area contributed by atoms with Gasteiger partial charge in [0, 0.05) is 19.6 Å². The van der Waals surface area contributed by atoms with E-state index < -0.39 is 0 Å². The molecule has 1 aromatic heterocycles. The van der Waals surface area contributed by atoms with Gasteiger partial charge >= 0.3 is 0 Å². The molecule has 1 aliphatic heterocycles. The monoisotopic (exact) mass is 295 g/mol. The van der Waals surface area contributed by atoms with Gasteiger partial charge in [-0.1, -0.05) is 12.1 Å². The Morgan fingerprint density at radius 1 is 1.30 bits per heavy atom. The van der Waals surface area contributed by atoms with Gasteiger partial charge < -0.3 is 14.6 Å². The summed E-state index contributed by atoms with van der Waals surface area (Å²) < 4.78 is 7.59. The van der Waals surface area contributed by atoms with E-state index in [1.54, 1.807) is 7.11 Å². The number of hydrogen-bond donors (Lipinski definition) is 1. The molecule has 0 radical (unpaired) electrons. The zero-order chi connectivity index (χ0) is 13.1. The molecule has 1 fully saturated rings. The van der Waals surface area contributed by atoms with E-state index in [2.05, 4.69) is 34.1 Å². The predicted octanol–water partition coefficient (Wildman–Crippen LogP) is 2.57. The molecule has 0 atom stereocenters. The number of piperidine rings is 1. The van der Waals surface area contributed by atoms with Gasteiger partial charge in [0.15, 0.2) is 0 Å². The Morgan fingerprint density at radius 2 is 2.05 bits per heavy atom. The van der Waals surface area contributed by atoms with Gasteiger partial charge in [-0.3, -0.25) is 0 Å². The fraction of sp³-hybridized carbons (Fsp3) is 0.533. The van der Waals surface area contributed by atoms with Crippen LogP contribution in [0.3, 0.4) is 0 Å².